The lowest BCUT2D eigenvalue weighted by molar-refractivity contribution is -0.380. The number of hydrogen-bond acceptors (Lipinski definition) is 2. The quantitative estimate of drug-likeness (QED) is 0.621. The molecule has 1 amide bonds. The van der Waals surface area contributed by atoms with Gasteiger partial charge in [-0.2, -0.15) is 0 Å². The van der Waals surface area contributed by atoms with Gasteiger partial charge in [-0.15, -0.1) is 0 Å². The Morgan fingerprint density at radius 1 is 1.44 bits per heavy atom. The van der Waals surface area contributed by atoms with Crippen molar-refractivity contribution in [1.82, 2.24) is 9.97 Å². The molecule has 4 N–H and O–H groups in total. The topological polar surface area (TPSA) is 85.9 Å². The molecule has 3 rings (SSSR count). The number of rotatable bonds is 1. The molecule has 0 saturated heterocycles. The highest BCUT2D eigenvalue weighted by atomic mass is 16.1. The summed E-state index contributed by atoms with van der Waals surface area (Å²) in [5, 5.41) is 1.78. The predicted molar refractivity (Wildman–Crippen MR) is 58.7 cm³/mol. The molecule has 0 aliphatic rings. The summed E-state index contributed by atoms with van der Waals surface area (Å²) in [5.41, 5.74) is 7.43. The average molecular weight is 213 g/mol. The molecule has 0 spiro atoms. The molecule has 16 heavy (non-hydrogen) atoms. The van der Waals surface area contributed by atoms with Crippen LogP contribution in [0.15, 0.2) is 30.9 Å². The van der Waals surface area contributed by atoms with Crippen LogP contribution in [0.5, 0.6) is 0 Å². The second kappa shape index (κ2) is 3.03. The fourth-order valence-electron chi connectivity index (χ4n) is 1.89. The van der Waals surface area contributed by atoms with Crippen molar-refractivity contribution in [3.8, 4) is 0 Å². The molecule has 0 aliphatic heterocycles. The van der Waals surface area contributed by atoms with E-state index in [4.69, 9.17) is 5.73 Å². The van der Waals surface area contributed by atoms with Crippen LogP contribution in [-0.2, 0) is 0 Å². The van der Waals surface area contributed by atoms with Crippen LogP contribution in [0.25, 0.3) is 21.8 Å². The lowest BCUT2D eigenvalue weighted by Crippen LogP contribution is -2.09. The van der Waals surface area contributed by atoms with Crippen LogP contribution in [0.3, 0.4) is 0 Å². The Labute approximate surface area is 90.3 Å². The minimum Gasteiger partial charge on any atom is -0.366 e. The van der Waals surface area contributed by atoms with Gasteiger partial charge in [-0.05, 0) is 11.1 Å². The maximum atomic E-state index is 11.2. The van der Waals surface area contributed by atoms with Crippen molar-refractivity contribution >= 4 is 27.7 Å². The van der Waals surface area contributed by atoms with Crippen LogP contribution in [0.2, 0.25) is 0 Å². The predicted octanol–water partition coefficient (Wildman–Crippen LogP) is 0.629. The first-order valence-corrected chi connectivity index (χ1v) is 4.83. The number of primary amides is 1. The minimum absolute atomic E-state index is 0.437. The number of amides is 1. The Hall–Kier alpha value is -2.43. The minimum atomic E-state index is -0.437. The highest BCUT2D eigenvalue weighted by molar-refractivity contribution is 6.12. The molecule has 0 atom stereocenters. The van der Waals surface area contributed by atoms with Gasteiger partial charge in [-0.3, -0.25) is 4.79 Å². The van der Waals surface area contributed by atoms with Gasteiger partial charge in [0.05, 0.1) is 22.7 Å². The number of benzene rings is 1. The van der Waals surface area contributed by atoms with Crippen molar-refractivity contribution in [2.24, 2.45) is 5.73 Å². The van der Waals surface area contributed by atoms with Crippen molar-refractivity contribution < 1.29 is 9.78 Å². The molecule has 0 unspecified atom stereocenters. The number of aromatic nitrogens is 3. The zero-order valence-electron chi connectivity index (χ0n) is 8.32. The van der Waals surface area contributed by atoms with Gasteiger partial charge in [0.25, 0.3) is 12.2 Å². The van der Waals surface area contributed by atoms with Crippen LogP contribution in [0.4, 0.5) is 0 Å². The average Bonchev–Trinajstić information content (AvgIpc) is 2.73. The first-order valence-electron chi connectivity index (χ1n) is 4.83. The number of nitrogens with zero attached hydrogens (tertiary/aromatic N) is 1. The smallest absolute Gasteiger partial charge is 0.284 e. The summed E-state index contributed by atoms with van der Waals surface area (Å²) in [7, 11) is 0. The Bertz CT molecular complexity index is 701. The van der Waals surface area contributed by atoms with E-state index >= 15 is 0 Å². The number of fused-ring (bicyclic) bond motifs is 3. The first-order chi connectivity index (χ1) is 7.77. The summed E-state index contributed by atoms with van der Waals surface area (Å²) in [6.45, 7) is 0. The van der Waals surface area contributed by atoms with E-state index in [0.29, 0.717) is 5.56 Å². The summed E-state index contributed by atoms with van der Waals surface area (Å²) in [6.07, 6.45) is 5.07. The molecule has 0 aliphatic carbocycles. The van der Waals surface area contributed by atoms with Gasteiger partial charge < -0.3 is 10.7 Å². The normalized spacial score (nSPS) is 11.0. The molecule has 2 heterocycles. The zero-order valence-corrected chi connectivity index (χ0v) is 8.32. The number of carbonyl (C=O) groups is 1. The zero-order chi connectivity index (χ0) is 11.1. The third-order valence-corrected chi connectivity index (χ3v) is 2.63. The van der Waals surface area contributed by atoms with Crippen LogP contribution in [0.1, 0.15) is 10.4 Å². The van der Waals surface area contributed by atoms with Crippen LogP contribution in [0, 0.1) is 0 Å². The highest BCUT2D eigenvalue weighted by Gasteiger charge is 2.13. The largest absolute Gasteiger partial charge is 0.366 e. The summed E-state index contributed by atoms with van der Waals surface area (Å²) in [6, 6.07) is 3.77. The molecule has 5 heteroatoms. The Morgan fingerprint density at radius 3 is 3.12 bits per heavy atom. The van der Waals surface area contributed by atoms with E-state index in [-0.39, 0.29) is 0 Å². The van der Waals surface area contributed by atoms with E-state index in [2.05, 4.69) is 15.0 Å². The van der Waals surface area contributed by atoms with Crippen molar-refractivity contribution in [2.45, 2.75) is 0 Å². The van der Waals surface area contributed by atoms with E-state index in [1.807, 2.05) is 18.3 Å². The summed E-state index contributed by atoms with van der Waals surface area (Å²) < 4.78 is 0. The summed E-state index contributed by atoms with van der Waals surface area (Å²) >= 11 is 0. The van der Waals surface area contributed by atoms with E-state index in [1.54, 1.807) is 12.5 Å². The van der Waals surface area contributed by atoms with Gasteiger partial charge >= 0.3 is 0 Å². The molecular weight excluding hydrogens is 204 g/mol. The molecule has 78 valence electrons. The Balaban J connectivity index is 2.49. The second-order valence-corrected chi connectivity index (χ2v) is 3.56. The Morgan fingerprint density at radius 2 is 2.31 bits per heavy atom. The van der Waals surface area contributed by atoms with Crippen LogP contribution >= 0.6 is 0 Å². The second-order valence-electron chi connectivity index (χ2n) is 3.56. The lowest BCUT2D eigenvalue weighted by Gasteiger charge is -1.94. The van der Waals surface area contributed by atoms with E-state index in [0.717, 1.165) is 21.8 Å². The third kappa shape index (κ3) is 1.08. The summed E-state index contributed by atoms with van der Waals surface area (Å²) in [4.78, 5) is 21.4. The van der Waals surface area contributed by atoms with Gasteiger partial charge in [0.2, 0.25) is 5.52 Å². The monoisotopic (exact) mass is 213 g/mol. The standard InChI is InChI=1S/C11H8N4O/c12-11(16)8-4-14-10-7(8)2-1-6-3-13-5-15-9(6)10/h1-5,14H,(H2,12,16)/p+1. The van der Waals surface area contributed by atoms with E-state index in [9.17, 15) is 4.79 Å². The number of nitrogens with two attached hydrogens (primary N) is 1. The van der Waals surface area contributed by atoms with Crippen molar-refractivity contribution in [2.75, 3.05) is 0 Å². The third-order valence-electron chi connectivity index (χ3n) is 2.63. The molecule has 5 nitrogen and oxygen atoms in total. The lowest BCUT2D eigenvalue weighted by atomic mass is 10.1. The van der Waals surface area contributed by atoms with Crippen molar-refractivity contribution in [1.29, 1.82) is 0 Å². The molecule has 0 radical (unpaired) electrons. The van der Waals surface area contributed by atoms with Gasteiger partial charge in [-0.25, -0.2) is 4.98 Å². The molecule has 3 aromatic rings. The number of H-pyrrole nitrogens is 2. The molecule has 1 aromatic carbocycles. The maximum Gasteiger partial charge on any atom is 0.284 e. The van der Waals surface area contributed by atoms with Gasteiger partial charge in [0, 0.05) is 11.6 Å². The number of nitrogens with one attached hydrogen (secondary N) is 2. The van der Waals surface area contributed by atoms with Gasteiger partial charge in [0.1, 0.15) is 0 Å². The fourth-order valence-corrected chi connectivity index (χ4v) is 1.89. The number of aromatic amines is 2. The van der Waals surface area contributed by atoms with Crippen LogP contribution < -0.4 is 10.7 Å². The SMILES string of the molecule is NC(=O)c1c[nH]c2c1ccc1c[nH+]cnc12. The fraction of sp³-hybridized carbons (Fsp3) is 0. The first kappa shape index (κ1) is 8.84. The highest BCUT2D eigenvalue weighted by Crippen LogP contribution is 2.24. The number of carbonyl (C=O) groups excluding carboxylic acids is 1. The molecule has 0 bridgehead atoms. The van der Waals surface area contributed by atoms with Gasteiger partial charge in [-0.1, -0.05) is 6.07 Å². The molecular formula is C11H9N4O+. The van der Waals surface area contributed by atoms with E-state index in [1.165, 1.54) is 0 Å². The molecule has 0 fully saturated rings. The summed E-state index contributed by atoms with van der Waals surface area (Å²) in [5.74, 6) is -0.437. The molecule has 2 aromatic heterocycles. The molecule has 0 saturated carbocycles. The van der Waals surface area contributed by atoms with Crippen LogP contribution in [-0.4, -0.2) is 15.9 Å². The van der Waals surface area contributed by atoms with Crippen molar-refractivity contribution in [3.63, 3.8) is 0 Å². The van der Waals surface area contributed by atoms with Gasteiger partial charge in [0.15, 0.2) is 0 Å². The Kier molecular flexibility index (Phi) is 1.67. The maximum absolute atomic E-state index is 11.2. The van der Waals surface area contributed by atoms with E-state index < -0.39 is 5.91 Å². The number of hydrogen-bond donors (Lipinski definition) is 2. The van der Waals surface area contributed by atoms with Crippen molar-refractivity contribution in [3.05, 3.63) is 36.4 Å².